The lowest BCUT2D eigenvalue weighted by Crippen LogP contribution is -2.12. The van der Waals surface area contributed by atoms with Crippen LogP contribution >= 0.6 is 11.8 Å². The highest BCUT2D eigenvalue weighted by atomic mass is 32.2. The normalized spacial score (nSPS) is 10.3. The number of carbonyl (C=O) groups excluding carboxylic acids is 1. The number of benzene rings is 1. The van der Waals surface area contributed by atoms with Crippen molar-refractivity contribution in [1.82, 2.24) is 4.98 Å². The molecule has 1 aromatic carbocycles. The van der Waals surface area contributed by atoms with Gasteiger partial charge in [0.1, 0.15) is 5.82 Å². The molecule has 19 heavy (non-hydrogen) atoms. The van der Waals surface area contributed by atoms with E-state index in [2.05, 4.69) is 10.3 Å². The van der Waals surface area contributed by atoms with Gasteiger partial charge in [0.15, 0.2) is 0 Å². The van der Waals surface area contributed by atoms with E-state index >= 15 is 0 Å². The Morgan fingerprint density at radius 3 is 2.68 bits per heavy atom. The van der Waals surface area contributed by atoms with Crippen molar-refractivity contribution in [3.05, 3.63) is 53.5 Å². The number of pyridine rings is 1. The molecule has 1 heterocycles. The van der Waals surface area contributed by atoms with E-state index in [0.29, 0.717) is 16.8 Å². The van der Waals surface area contributed by atoms with Gasteiger partial charge >= 0.3 is 0 Å². The van der Waals surface area contributed by atoms with Gasteiger partial charge < -0.3 is 5.32 Å². The van der Waals surface area contributed by atoms with Gasteiger partial charge in [-0.2, -0.15) is 0 Å². The lowest BCUT2D eigenvalue weighted by Gasteiger charge is -2.06. The second kappa shape index (κ2) is 5.84. The van der Waals surface area contributed by atoms with E-state index < -0.39 is 0 Å². The molecule has 2 rings (SSSR count). The van der Waals surface area contributed by atoms with Crippen molar-refractivity contribution in [3.8, 4) is 0 Å². The number of carbonyl (C=O) groups is 1. The van der Waals surface area contributed by atoms with Crippen LogP contribution in [-0.4, -0.2) is 17.1 Å². The minimum atomic E-state index is -0.317. The molecule has 5 heteroatoms. The number of amides is 1. The first-order valence-corrected chi connectivity index (χ1v) is 6.90. The Kier molecular flexibility index (Phi) is 4.16. The zero-order valence-corrected chi connectivity index (χ0v) is 11.4. The summed E-state index contributed by atoms with van der Waals surface area (Å²) in [4.78, 5) is 16.1. The molecule has 0 radical (unpaired) electrons. The predicted octanol–water partition coefficient (Wildman–Crippen LogP) is 3.50. The first-order valence-electron chi connectivity index (χ1n) is 5.67. The highest BCUT2D eigenvalue weighted by molar-refractivity contribution is 7.98. The van der Waals surface area contributed by atoms with Gasteiger partial charge in [-0.3, -0.25) is 4.79 Å². The lowest BCUT2D eigenvalue weighted by atomic mass is 10.1. The first kappa shape index (κ1) is 13.5. The Balaban J connectivity index is 2.13. The smallest absolute Gasteiger partial charge is 0.255 e. The summed E-state index contributed by atoms with van der Waals surface area (Å²) in [5, 5.41) is 3.61. The number of aryl methyl sites for hydroxylation is 1. The van der Waals surface area contributed by atoms with Gasteiger partial charge in [-0.1, -0.05) is 0 Å². The van der Waals surface area contributed by atoms with Crippen LogP contribution in [0.4, 0.5) is 10.1 Å². The molecule has 0 aliphatic rings. The largest absolute Gasteiger partial charge is 0.321 e. The molecule has 0 saturated heterocycles. The lowest BCUT2D eigenvalue weighted by molar-refractivity contribution is 0.102. The SMILES string of the molecule is CSc1ccc(NC(=O)c2ccc(F)c(C)c2)cn1. The molecule has 0 saturated carbocycles. The molecule has 98 valence electrons. The average Bonchev–Trinajstić information content (AvgIpc) is 2.42. The maximum absolute atomic E-state index is 13.1. The average molecular weight is 276 g/mol. The van der Waals surface area contributed by atoms with E-state index in [4.69, 9.17) is 0 Å². The number of hydrogen-bond donors (Lipinski definition) is 1. The summed E-state index contributed by atoms with van der Waals surface area (Å²) in [6.07, 6.45) is 3.53. The molecule has 0 aliphatic carbocycles. The van der Waals surface area contributed by atoms with Crippen LogP contribution in [0.3, 0.4) is 0 Å². The van der Waals surface area contributed by atoms with Crippen molar-refractivity contribution < 1.29 is 9.18 Å². The molecule has 0 bridgehead atoms. The Labute approximate surface area is 115 Å². The second-order valence-corrected chi connectivity index (χ2v) is 4.83. The van der Waals surface area contributed by atoms with Crippen LogP contribution in [0.1, 0.15) is 15.9 Å². The number of aromatic nitrogens is 1. The Morgan fingerprint density at radius 2 is 2.11 bits per heavy atom. The highest BCUT2D eigenvalue weighted by Gasteiger charge is 2.08. The van der Waals surface area contributed by atoms with Gasteiger partial charge in [0.25, 0.3) is 5.91 Å². The molecule has 0 aliphatic heterocycles. The number of halogens is 1. The standard InChI is InChI=1S/C14H13FN2OS/c1-9-7-10(3-5-12(9)15)14(18)17-11-4-6-13(19-2)16-8-11/h3-8H,1-2H3,(H,17,18). The van der Waals surface area contributed by atoms with Crippen LogP contribution in [0, 0.1) is 12.7 Å². The van der Waals surface area contributed by atoms with Crippen molar-refractivity contribution in [2.45, 2.75) is 11.9 Å². The van der Waals surface area contributed by atoms with E-state index in [1.807, 2.05) is 12.3 Å². The Hall–Kier alpha value is -1.88. The monoisotopic (exact) mass is 276 g/mol. The van der Waals surface area contributed by atoms with Gasteiger partial charge in [0.05, 0.1) is 16.9 Å². The molecule has 1 aromatic heterocycles. The van der Waals surface area contributed by atoms with Crippen LogP contribution in [0.15, 0.2) is 41.6 Å². The maximum Gasteiger partial charge on any atom is 0.255 e. The van der Waals surface area contributed by atoms with Crippen LogP contribution in [0.5, 0.6) is 0 Å². The molecular weight excluding hydrogens is 263 g/mol. The van der Waals surface area contributed by atoms with Gasteiger partial charge in [0.2, 0.25) is 0 Å². The van der Waals surface area contributed by atoms with Crippen LogP contribution in [0.2, 0.25) is 0 Å². The summed E-state index contributed by atoms with van der Waals surface area (Å²) in [7, 11) is 0. The molecule has 0 fully saturated rings. The third-order valence-corrected chi connectivity index (χ3v) is 3.28. The van der Waals surface area contributed by atoms with Gasteiger partial charge in [-0.15, -0.1) is 11.8 Å². The van der Waals surface area contributed by atoms with Gasteiger partial charge in [0, 0.05) is 5.56 Å². The zero-order chi connectivity index (χ0) is 13.8. The molecule has 2 aromatic rings. The Bertz CT molecular complexity index is 599. The summed E-state index contributed by atoms with van der Waals surface area (Å²) >= 11 is 1.53. The van der Waals surface area contributed by atoms with Crippen molar-refractivity contribution in [3.63, 3.8) is 0 Å². The van der Waals surface area contributed by atoms with Crippen LogP contribution in [0.25, 0.3) is 0 Å². The molecular formula is C14H13FN2OS. The third kappa shape index (κ3) is 3.32. The van der Waals surface area contributed by atoms with E-state index in [9.17, 15) is 9.18 Å². The van der Waals surface area contributed by atoms with Crippen molar-refractivity contribution in [2.75, 3.05) is 11.6 Å². The Morgan fingerprint density at radius 1 is 1.32 bits per heavy atom. The summed E-state index contributed by atoms with van der Waals surface area (Å²) in [6.45, 7) is 1.63. The predicted molar refractivity (Wildman–Crippen MR) is 75.1 cm³/mol. The van der Waals surface area contributed by atoms with E-state index in [1.54, 1.807) is 19.2 Å². The fraction of sp³-hybridized carbons (Fsp3) is 0.143. The minimum Gasteiger partial charge on any atom is -0.321 e. The minimum absolute atomic E-state index is 0.276. The second-order valence-electron chi connectivity index (χ2n) is 4.01. The van der Waals surface area contributed by atoms with Crippen molar-refractivity contribution >= 4 is 23.4 Å². The number of rotatable bonds is 3. The molecule has 0 unspecified atom stereocenters. The zero-order valence-electron chi connectivity index (χ0n) is 10.6. The molecule has 0 spiro atoms. The number of hydrogen-bond acceptors (Lipinski definition) is 3. The molecule has 1 N–H and O–H groups in total. The van der Waals surface area contributed by atoms with Crippen molar-refractivity contribution in [1.29, 1.82) is 0 Å². The van der Waals surface area contributed by atoms with Crippen molar-refractivity contribution in [2.24, 2.45) is 0 Å². The fourth-order valence-electron chi connectivity index (χ4n) is 1.56. The fourth-order valence-corrected chi connectivity index (χ4v) is 1.93. The summed E-state index contributed by atoms with van der Waals surface area (Å²) in [5.74, 6) is -0.593. The highest BCUT2D eigenvalue weighted by Crippen LogP contribution is 2.15. The molecule has 3 nitrogen and oxygen atoms in total. The number of anilines is 1. The number of thioether (sulfide) groups is 1. The maximum atomic E-state index is 13.1. The van der Waals surface area contributed by atoms with E-state index in [0.717, 1.165) is 5.03 Å². The summed E-state index contributed by atoms with van der Waals surface area (Å²) < 4.78 is 13.1. The summed E-state index contributed by atoms with van der Waals surface area (Å²) in [6, 6.07) is 7.89. The van der Waals surface area contributed by atoms with E-state index in [-0.39, 0.29) is 11.7 Å². The quantitative estimate of drug-likeness (QED) is 0.872. The third-order valence-electron chi connectivity index (χ3n) is 2.62. The summed E-state index contributed by atoms with van der Waals surface area (Å²) in [5.41, 5.74) is 1.49. The molecule has 1 amide bonds. The van der Waals surface area contributed by atoms with Gasteiger partial charge in [-0.05, 0) is 49.1 Å². The number of nitrogens with one attached hydrogen (secondary N) is 1. The van der Waals surface area contributed by atoms with E-state index in [1.165, 1.54) is 30.0 Å². The topological polar surface area (TPSA) is 42.0 Å². The number of nitrogens with zero attached hydrogens (tertiary/aromatic N) is 1. The first-order chi connectivity index (χ1) is 9.10. The van der Waals surface area contributed by atoms with Crippen LogP contribution < -0.4 is 5.32 Å². The van der Waals surface area contributed by atoms with Gasteiger partial charge in [-0.25, -0.2) is 9.37 Å². The molecule has 0 atom stereocenters. The van der Waals surface area contributed by atoms with Crippen LogP contribution in [-0.2, 0) is 0 Å².